The molecule has 0 N–H and O–H groups in total. The molecule has 2 radical (unpaired) electrons. The Bertz CT molecular complexity index is 255. The molecule has 0 fully saturated rings. The zero-order chi connectivity index (χ0) is 7.56. The molecule has 2 heteroatoms. The third-order valence-electron chi connectivity index (χ3n) is 1.17. The van der Waals surface area contributed by atoms with Crippen molar-refractivity contribution >= 4 is 5.78 Å². The van der Waals surface area contributed by atoms with Gasteiger partial charge in [0.1, 0.15) is 5.69 Å². The summed E-state index contributed by atoms with van der Waals surface area (Å²) in [5.41, 5.74) is 1.31. The Morgan fingerprint density at radius 1 is 1.70 bits per heavy atom. The van der Waals surface area contributed by atoms with Crippen molar-refractivity contribution in [1.29, 1.82) is 0 Å². The standard InChI is InChI=1S/C8H7NO/c1-6-3-4-9-8(5-6)7(2)10/h2-5H,1H3. The molecule has 0 aromatic carbocycles. The van der Waals surface area contributed by atoms with Gasteiger partial charge in [0.05, 0.1) is 0 Å². The molecule has 0 saturated carbocycles. The van der Waals surface area contributed by atoms with Gasteiger partial charge in [-0.3, -0.25) is 9.78 Å². The highest BCUT2D eigenvalue weighted by atomic mass is 16.1. The Labute approximate surface area is 59.9 Å². The molecule has 2 nitrogen and oxygen atoms in total. The topological polar surface area (TPSA) is 30.0 Å². The first-order valence-corrected chi connectivity index (χ1v) is 2.92. The van der Waals surface area contributed by atoms with Crippen molar-refractivity contribution in [2.45, 2.75) is 6.92 Å². The summed E-state index contributed by atoms with van der Waals surface area (Å²) in [5.74, 6) is -0.483. The van der Waals surface area contributed by atoms with E-state index in [9.17, 15) is 4.79 Å². The van der Waals surface area contributed by atoms with E-state index in [1.165, 1.54) is 0 Å². The molecule has 1 rings (SSSR count). The van der Waals surface area contributed by atoms with Gasteiger partial charge in [-0.2, -0.15) is 0 Å². The number of pyridine rings is 1. The highest BCUT2D eigenvalue weighted by Gasteiger charge is 1.98. The maximum atomic E-state index is 10.5. The van der Waals surface area contributed by atoms with Crippen LogP contribution in [0.3, 0.4) is 0 Å². The summed E-state index contributed by atoms with van der Waals surface area (Å²) in [4.78, 5) is 14.3. The number of aromatic nitrogens is 1. The summed E-state index contributed by atoms with van der Waals surface area (Å²) in [6.07, 6.45) is 1.56. The molecule has 0 atom stereocenters. The molecule has 0 aliphatic rings. The molecule has 0 spiro atoms. The average molecular weight is 133 g/mol. The van der Waals surface area contributed by atoms with Crippen molar-refractivity contribution in [2.75, 3.05) is 0 Å². The minimum atomic E-state index is -0.483. The zero-order valence-electron chi connectivity index (χ0n) is 5.66. The van der Waals surface area contributed by atoms with Gasteiger partial charge in [-0.15, -0.1) is 0 Å². The fourth-order valence-electron chi connectivity index (χ4n) is 0.671. The van der Waals surface area contributed by atoms with Crippen LogP contribution in [0.1, 0.15) is 16.1 Å². The van der Waals surface area contributed by atoms with Crippen LogP contribution in [0.2, 0.25) is 0 Å². The Morgan fingerprint density at radius 3 is 2.80 bits per heavy atom. The van der Waals surface area contributed by atoms with Gasteiger partial charge >= 0.3 is 0 Å². The minimum absolute atomic E-state index is 0.319. The number of Topliss-reactive ketones (excluding diaryl/α,β-unsaturated/α-hetero) is 1. The van der Waals surface area contributed by atoms with Gasteiger partial charge in [0, 0.05) is 13.1 Å². The van der Waals surface area contributed by atoms with Crippen molar-refractivity contribution in [3.05, 3.63) is 36.5 Å². The second-order valence-electron chi connectivity index (χ2n) is 2.08. The van der Waals surface area contributed by atoms with Gasteiger partial charge in [0.25, 0.3) is 0 Å². The molecule has 1 heterocycles. The third-order valence-corrected chi connectivity index (χ3v) is 1.17. The fourth-order valence-corrected chi connectivity index (χ4v) is 0.671. The van der Waals surface area contributed by atoms with E-state index in [-0.39, 0.29) is 0 Å². The van der Waals surface area contributed by atoms with Crippen molar-refractivity contribution in [3.63, 3.8) is 0 Å². The van der Waals surface area contributed by atoms with Gasteiger partial charge in [-0.1, -0.05) is 0 Å². The molecule has 1 aromatic rings. The predicted octanol–water partition coefficient (Wildman–Crippen LogP) is 1.28. The van der Waals surface area contributed by atoms with Crippen LogP contribution in [0.15, 0.2) is 18.3 Å². The molecule has 50 valence electrons. The first-order chi connectivity index (χ1) is 4.70. The molecule has 0 bridgehead atoms. The second kappa shape index (κ2) is 2.60. The van der Waals surface area contributed by atoms with E-state index in [2.05, 4.69) is 4.98 Å². The molecule has 0 aliphatic heterocycles. The SMILES string of the molecule is [CH]C(=O)c1cc(C)ccn1. The van der Waals surface area contributed by atoms with E-state index in [1.54, 1.807) is 12.3 Å². The van der Waals surface area contributed by atoms with E-state index >= 15 is 0 Å². The molecule has 0 aliphatic carbocycles. The summed E-state index contributed by atoms with van der Waals surface area (Å²) in [7, 11) is 0. The lowest BCUT2D eigenvalue weighted by Gasteiger charge is -1.93. The molecule has 0 unspecified atom stereocenters. The van der Waals surface area contributed by atoms with Gasteiger partial charge in [0.15, 0.2) is 5.78 Å². The largest absolute Gasteiger partial charge is 0.292 e. The number of carbonyl (C=O) groups excluding carboxylic acids is 1. The summed E-state index contributed by atoms with van der Waals surface area (Å²) >= 11 is 0. The molecular formula is C8H7NO. The van der Waals surface area contributed by atoms with E-state index in [0.717, 1.165) is 5.56 Å². The quantitative estimate of drug-likeness (QED) is 0.540. The van der Waals surface area contributed by atoms with Crippen LogP contribution < -0.4 is 0 Å². The highest BCUT2D eigenvalue weighted by Crippen LogP contribution is 1.99. The van der Waals surface area contributed by atoms with Crippen LogP contribution in [-0.2, 0) is 0 Å². The number of nitrogens with zero attached hydrogens (tertiary/aromatic N) is 1. The lowest BCUT2D eigenvalue weighted by Crippen LogP contribution is -1.95. The number of hydrogen-bond donors (Lipinski definition) is 0. The summed E-state index contributed by atoms with van der Waals surface area (Å²) in [5, 5.41) is 0. The third kappa shape index (κ3) is 1.41. The van der Waals surface area contributed by atoms with Crippen LogP contribution in [0, 0.1) is 13.8 Å². The van der Waals surface area contributed by atoms with Gasteiger partial charge in [-0.05, 0) is 24.6 Å². The normalized spacial score (nSPS) is 9.40. The van der Waals surface area contributed by atoms with Crippen LogP contribution >= 0.6 is 0 Å². The summed E-state index contributed by atoms with van der Waals surface area (Å²) < 4.78 is 0. The van der Waals surface area contributed by atoms with E-state index < -0.39 is 5.78 Å². The number of carbonyl (C=O) groups is 1. The van der Waals surface area contributed by atoms with Crippen molar-refractivity contribution in [1.82, 2.24) is 4.98 Å². The van der Waals surface area contributed by atoms with Gasteiger partial charge in [0.2, 0.25) is 0 Å². The van der Waals surface area contributed by atoms with Crippen LogP contribution in [-0.4, -0.2) is 10.8 Å². The highest BCUT2D eigenvalue weighted by molar-refractivity contribution is 5.97. The number of ketones is 1. The predicted molar refractivity (Wildman–Crippen MR) is 37.6 cm³/mol. The van der Waals surface area contributed by atoms with E-state index in [0.29, 0.717) is 5.69 Å². The second-order valence-corrected chi connectivity index (χ2v) is 2.08. The number of rotatable bonds is 1. The maximum absolute atomic E-state index is 10.5. The van der Waals surface area contributed by atoms with Gasteiger partial charge < -0.3 is 0 Å². The first-order valence-electron chi connectivity index (χ1n) is 2.92. The van der Waals surface area contributed by atoms with Gasteiger partial charge in [-0.25, -0.2) is 0 Å². The Kier molecular flexibility index (Phi) is 1.81. The molecule has 0 amide bonds. The summed E-state index contributed by atoms with van der Waals surface area (Å²) in [6.45, 7) is 6.86. The van der Waals surface area contributed by atoms with Crippen LogP contribution in [0.25, 0.3) is 0 Å². The number of hydrogen-bond acceptors (Lipinski definition) is 2. The van der Waals surface area contributed by atoms with E-state index in [4.69, 9.17) is 6.92 Å². The number of aryl methyl sites for hydroxylation is 1. The molecule has 0 saturated heterocycles. The Morgan fingerprint density at radius 2 is 2.40 bits per heavy atom. The smallest absolute Gasteiger partial charge is 0.185 e. The lowest BCUT2D eigenvalue weighted by molar-refractivity contribution is 0.103. The monoisotopic (exact) mass is 133 g/mol. The van der Waals surface area contributed by atoms with Crippen molar-refractivity contribution in [2.24, 2.45) is 0 Å². The molecule has 1 aromatic heterocycles. The molecular weight excluding hydrogens is 126 g/mol. The lowest BCUT2D eigenvalue weighted by atomic mass is 10.2. The minimum Gasteiger partial charge on any atom is -0.292 e. The molecule has 10 heavy (non-hydrogen) atoms. The van der Waals surface area contributed by atoms with Crippen LogP contribution in [0.4, 0.5) is 0 Å². The first kappa shape index (κ1) is 6.93. The maximum Gasteiger partial charge on any atom is 0.185 e. The van der Waals surface area contributed by atoms with E-state index in [1.807, 2.05) is 13.0 Å². The van der Waals surface area contributed by atoms with Crippen molar-refractivity contribution < 1.29 is 4.79 Å². The van der Waals surface area contributed by atoms with Crippen molar-refractivity contribution in [3.8, 4) is 0 Å². The average Bonchev–Trinajstić information content (AvgIpc) is 1.88. The Balaban J connectivity index is 3.07. The summed E-state index contributed by atoms with van der Waals surface area (Å²) in [6, 6.07) is 3.47. The fraction of sp³-hybridized carbons (Fsp3) is 0.125. The Hall–Kier alpha value is -1.18. The van der Waals surface area contributed by atoms with Crippen LogP contribution in [0.5, 0.6) is 0 Å². The zero-order valence-corrected chi connectivity index (χ0v) is 5.66.